The summed E-state index contributed by atoms with van der Waals surface area (Å²) >= 11 is 11.7. The molecule has 0 atom stereocenters. The van der Waals surface area contributed by atoms with Gasteiger partial charge in [0.2, 0.25) is 0 Å². The third-order valence-electron chi connectivity index (χ3n) is 2.40. The standard InChI is InChI=1S/C13H13Cl2N3O/c1-8(2)13-17-7-12(11(4-14)18-13)19-10-3-9(15)5-16-6-10/h3,5-8H,4H2,1-2H3. The summed E-state index contributed by atoms with van der Waals surface area (Å²) < 4.78 is 5.66. The van der Waals surface area contributed by atoms with Gasteiger partial charge in [0.05, 0.1) is 23.3 Å². The van der Waals surface area contributed by atoms with Gasteiger partial charge in [-0.25, -0.2) is 9.97 Å². The van der Waals surface area contributed by atoms with Gasteiger partial charge in [0.1, 0.15) is 17.3 Å². The highest BCUT2D eigenvalue weighted by atomic mass is 35.5. The highest BCUT2D eigenvalue weighted by Crippen LogP contribution is 2.26. The van der Waals surface area contributed by atoms with Crippen molar-refractivity contribution >= 4 is 23.2 Å². The molecule has 2 rings (SSSR count). The van der Waals surface area contributed by atoms with Gasteiger partial charge in [-0.15, -0.1) is 11.6 Å². The third kappa shape index (κ3) is 3.55. The zero-order valence-corrected chi connectivity index (χ0v) is 12.1. The molecule has 0 N–H and O–H groups in total. The molecular weight excluding hydrogens is 285 g/mol. The number of hydrogen-bond donors (Lipinski definition) is 0. The van der Waals surface area contributed by atoms with Crippen molar-refractivity contribution in [3.63, 3.8) is 0 Å². The van der Waals surface area contributed by atoms with E-state index in [0.29, 0.717) is 22.2 Å². The van der Waals surface area contributed by atoms with Crippen LogP contribution in [-0.4, -0.2) is 15.0 Å². The minimum Gasteiger partial charge on any atom is -0.452 e. The number of aromatic nitrogens is 3. The van der Waals surface area contributed by atoms with E-state index in [1.165, 1.54) is 6.20 Å². The molecule has 6 heteroatoms. The van der Waals surface area contributed by atoms with Crippen LogP contribution >= 0.6 is 23.2 Å². The van der Waals surface area contributed by atoms with E-state index in [0.717, 1.165) is 5.82 Å². The SMILES string of the molecule is CC(C)c1ncc(Oc2cncc(Cl)c2)c(CCl)n1. The summed E-state index contributed by atoms with van der Waals surface area (Å²) in [6, 6.07) is 1.67. The molecule has 0 aliphatic rings. The molecule has 0 fully saturated rings. The lowest BCUT2D eigenvalue weighted by molar-refractivity contribution is 0.467. The zero-order valence-electron chi connectivity index (χ0n) is 10.6. The predicted molar refractivity (Wildman–Crippen MR) is 75.0 cm³/mol. The summed E-state index contributed by atoms with van der Waals surface area (Å²) in [5.41, 5.74) is 0.653. The van der Waals surface area contributed by atoms with Crippen molar-refractivity contribution in [1.82, 2.24) is 15.0 Å². The van der Waals surface area contributed by atoms with E-state index >= 15 is 0 Å². The number of alkyl halides is 1. The molecule has 0 unspecified atom stereocenters. The number of halogens is 2. The van der Waals surface area contributed by atoms with Gasteiger partial charge in [0.25, 0.3) is 0 Å². The Morgan fingerprint density at radius 2 is 2.05 bits per heavy atom. The summed E-state index contributed by atoms with van der Waals surface area (Å²) in [4.78, 5) is 12.6. The number of ether oxygens (including phenoxy) is 1. The monoisotopic (exact) mass is 297 g/mol. The van der Waals surface area contributed by atoms with Gasteiger partial charge < -0.3 is 4.74 Å². The summed E-state index contributed by atoms with van der Waals surface area (Å²) in [6.45, 7) is 4.05. The second-order valence-corrected chi connectivity index (χ2v) is 4.97. The lowest BCUT2D eigenvalue weighted by Crippen LogP contribution is -2.02. The highest BCUT2D eigenvalue weighted by Gasteiger charge is 2.11. The van der Waals surface area contributed by atoms with Crippen LogP contribution in [0.3, 0.4) is 0 Å². The Bertz CT molecular complexity index is 576. The van der Waals surface area contributed by atoms with Crippen LogP contribution in [0.1, 0.15) is 31.3 Å². The first-order chi connectivity index (χ1) is 9.10. The largest absolute Gasteiger partial charge is 0.452 e. The molecule has 0 amide bonds. The van der Waals surface area contributed by atoms with Gasteiger partial charge in [0.15, 0.2) is 5.75 Å². The van der Waals surface area contributed by atoms with Crippen molar-refractivity contribution in [1.29, 1.82) is 0 Å². The molecular formula is C13H13Cl2N3O. The smallest absolute Gasteiger partial charge is 0.168 e. The normalized spacial score (nSPS) is 10.8. The molecule has 0 radical (unpaired) electrons. The topological polar surface area (TPSA) is 47.9 Å². The van der Waals surface area contributed by atoms with E-state index in [-0.39, 0.29) is 11.8 Å². The molecule has 0 spiro atoms. The molecule has 0 aliphatic heterocycles. The quantitative estimate of drug-likeness (QED) is 0.794. The van der Waals surface area contributed by atoms with Gasteiger partial charge in [-0.1, -0.05) is 25.4 Å². The summed E-state index contributed by atoms with van der Waals surface area (Å²) in [5, 5.41) is 0.504. The van der Waals surface area contributed by atoms with Crippen LogP contribution in [0.4, 0.5) is 0 Å². The molecule has 0 saturated heterocycles. The molecule has 100 valence electrons. The Balaban J connectivity index is 2.29. The highest BCUT2D eigenvalue weighted by molar-refractivity contribution is 6.30. The molecule has 2 aromatic heterocycles. The van der Waals surface area contributed by atoms with Crippen molar-refractivity contribution < 1.29 is 4.74 Å². The van der Waals surface area contributed by atoms with Crippen LogP contribution in [-0.2, 0) is 5.88 Å². The molecule has 0 saturated carbocycles. The Morgan fingerprint density at radius 3 is 2.68 bits per heavy atom. The van der Waals surface area contributed by atoms with Gasteiger partial charge in [-0.3, -0.25) is 4.98 Å². The first kappa shape index (κ1) is 14.0. The third-order valence-corrected chi connectivity index (χ3v) is 2.86. The number of rotatable bonds is 4. The van der Waals surface area contributed by atoms with Crippen molar-refractivity contribution in [2.75, 3.05) is 0 Å². The Morgan fingerprint density at radius 1 is 1.26 bits per heavy atom. The van der Waals surface area contributed by atoms with E-state index in [1.54, 1.807) is 18.5 Å². The Hall–Kier alpha value is -1.39. The summed E-state index contributed by atoms with van der Waals surface area (Å²) in [7, 11) is 0. The molecule has 2 heterocycles. The zero-order chi connectivity index (χ0) is 13.8. The lowest BCUT2D eigenvalue weighted by Gasteiger charge is -2.11. The molecule has 19 heavy (non-hydrogen) atoms. The maximum Gasteiger partial charge on any atom is 0.168 e. The molecule has 0 bridgehead atoms. The second kappa shape index (κ2) is 6.17. The van der Waals surface area contributed by atoms with Crippen LogP contribution in [0.5, 0.6) is 11.5 Å². The molecule has 0 aliphatic carbocycles. The first-order valence-corrected chi connectivity index (χ1v) is 6.71. The summed E-state index contributed by atoms with van der Waals surface area (Å²) in [5.74, 6) is 2.28. The Labute approximate surface area is 121 Å². The van der Waals surface area contributed by atoms with Crippen LogP contribution in [0.25, 0.3) is 0 Å². The van der Waals surface area contributed by atoms with Crippen LogP contribution in [0.2, 0.25) is 5.02 Å². The van der Waals surface area contributed by atoms with E-state index < -0.39 is 0 Å². The molecule has 4 nitrogen and oxygen atoms in total. The minimum atomic E-state index is 0.240. The van der Waals surface area contributed by atoms with Gasteiger partial charge in [-0.05, 0) is 0 Å². The fraction of sp³-hybridized carbons (Fsp3) is 0.308. The second-order valence-electron chi connectivity index (χ2n) is 4.27. The van der Waals surface area contributed by atoms with E-state index in [9.17, 15) is 0 Å². The van der Waals surface area contributed by atoms with E-state index in [4.69, 9.17) is 27.9 Å². The van der Waals surface area contributed by atoms with Crippen molar-refractivity contribution in [2.24, 2.45) is 0 Å². The molecule has 2 aromatic rings. The van der Waals surface area contributed by atoms with Gasteiger partial charge in [0, 0.05) is 18.2 Å². The number of nitrogens with zero attached hydrogens (tertiary/aromatic N) is 3. The van der Waals surface area contributed by atoms with E-state index in [2.05, 4.69) is 15.0 Å². The number of pyridine rings is 1. The maximum absolute atomic E-state index is 5.89. The maximum atomic E-state index is 5.89. The average Bonchev–Trinajstić information content (AvgIpc) is 2.39. The average molecular weight is 298 g/mol. The fourth-order valence-corrected chi connectivity index (χ4v) is 1.81. The van der Waals surface area contributed by atoms with Crippen LogP contribution in [0.15, 0.2) is 24.7 Å². The minimum absolute atomic E-state index is 0.240. The lowest BCUT2D eigenvalue weighted by atomic mass is 10.2. The van der Waals surface area contributed by atoms with Gasteiger partial charge >= 0.3 is 0 Å². The van der Waals surface area contributed by atoms with Crippen molar-refractivity contribution in [3.8, 4) is 11.5 Å². The Kier molecular flexibility index (Phi) is 4.56. The van der Waals surface area contributed by atoms with Crippen LogP contribution < -0.4 is 4.74 Å². The van der Waals surface area contributed by atoms with E-state index in [1.807, 2.05) is 13.8 Å². The fourth-order valence-electron chi connectivity index (χ4n) is 1.46. The molecule has 0 aromatic carbocycles. The van der Waals surface area contributed by atoms with Crippen molar-refractivity contribution in [3.05, 3.63) is 41.2 Å². The number of hydrogen-bond acceptors (Lipinski definition) is 4. The first-order valence-electron chi connectivity index (χ1n) is 5.80. The predicted octanol–water partition coefficient (Wildman–Crippen LogP) is 4.18. The van der Waals surface area contributed by atoms with Gasteiger partial charge in [-0.2, -0.15) is 0 Å². The van der Waals surface area contributed by atoms with Crippen molar-refractivity contribution in [2.45, 2.75) is 25.6 Å². The summed E-state index contributed by atoms with van der Waals surface area (Å²) in [6.07, 6.45) is 4.73. The van der Waals surface area contributed by atoms with Crippen LogP contribution in [0, 0.1) is 0 Å².